The van der Waals surface area contributed by atoms with Gasteiger partial charge in [0.25, 0.3) is 5.91 Å². The second-order valence-corrected chi connectivity index (χ2v) is 7.13. The fraction of sp³-hybridized carbons (Fsp3) is 0.467. The largest absolute Gasteiger partial charge is 0.337 e. The highest BCUT2D eigenvalue weighted by Crippen LogP contribution is 2.15. The van der Waals surface area contributed by atoms with Crippen molar-refractivity contribution in [2.45, 2.75) is 19.9 Å². The molecule has 1 aliphatic rings. The predicted octanol–water partition coefficient (Wildman–Crippen LogP) is 2.86. The molecule has 0 radical (unpaired) electrons. The van der Waals surface area contributed by atoms with Gasteiger partial charge in [-0.3, -0.25) is 9.69 Å². The van der Waals surface area contributed by atoms with E-state index >= 15 is 0 Å². The quantitative estimate of drug-likeness (QED) is 0.872. The molecular formula is C15H19N3OS2. The van der Waals surface area contributed by atoms with Crippen LogP contribution in [0.15, 0.2) is 22.2 Å². The molecular weight excluding hydrogens is 302 g/mol. The van der Waals surface area contributed by atoms with Crippen molar-refractivity contribution in [2.24, 2.45) is 0 Å². The molecule has 2 aromatic heterocycles. The van der Waals surface area contributed by atoms with Crippen molar-refractivity contribution in [3.8, 4) is 0 Å². The van der Waals surface area contributed by atoms with E-state index in [4.69, 9.17) is 0 Å². The molecule has 0 N–H and O–H groups in total. The van der Waals surface area contributed by atoms with Gasteiger partial charge in [0, 0.05) is 43.5 Å². The van der Waals surface area contributed by atoms with Crippen LogP contribution in [-0.4, -0.2) is 46.9 Å². The summed E-state index contributed by atoms with van der Waals surface area (Å²) in [6.45, 7) is 6.54. The van der Waals surface area contributed by atoms with E-state index in [1.807, 2.05) is 28.7 Å². The van der Waals surface area contributed by atoms with Crippen LogP contribution in [0, 0.1) is 6.92 Å². The number of carbonyl (C=O) groups is 1. The van der Waals surface area contributed by atoms with Gasteiger partial charge in [0.05, 0.1) is 16.3 Å². The lowest BCUT2D eigenvalue weighted by Crippen LogP contribution is -2.34. The third-order valence-electron chi connectivity index (χ3n) is 3.70. The van der Waals surface area contributed by atoms with Crippen molar-refractivity contribution in [3.63, 3.8) is 0 Å². The van der Waals surface area contributed by atoms with Crippen LogP contribution in [0.2, 0.25) is 0 Å². The minimum absolute atomic E-state index is 0.169. The summed E-state index contributed by atoms with van der Waals surface area (Å²) in [5.41, 5.74) is 1.97. The molecule has 4 nitrogen and oxygen atoms in total. The van der Waals surface area contributed by atoms with Gasteiger partial charge in [-0.05, 0) is 24.8 Å². The van der Waals surface area contributed by atoms with Gasteiger partial charge < -0.3 is 4.90 Å². The molecule has 21 heavy (non-hydrogen) atoms. The fourth-order valence-corrected chi connectivity index (χ4v) is 3.84. The average molecular weight is 321 g/mol. The van der Waals surface area contributed by atoms with Crippen molar-refractivity contribution < 1.29 is 4.79 Å². The number of aromatic nitrogens is 1. The lowest BCUT2D eigenvalue weighted by atomic mass is 10.3. The lowest BCUT2D eigenvalue weighted by Gasteiger charge is -2.21. The van der Waals surface area contributed by atoms with Crippen molar-refractivity contribution in [1.29, 1.82) is 0 Å². The molecule has 1 amide bonds. The van der Waals surface area contributed by atoms with Crippen molar-refractivity contribution >= 4 is 28.6 Å². The number of thiophene rings is 1. The Morgan fingerprint density at radius 1 is 1.29 bits per heavy atom. The molecule has 0 bridgehead atoms. The maximum Gasteiger partial charge on any atom is 0.254 e. The summed E-state index contributed by atoms with van der Waals surface area (Å²) in [5.74, 6) is 0.169. The number of hydrogen-bond donors (Lipinski definition) is 0. The topological polar surface area (TPSA) is 36.4 Å². The fourth-order valence-electron chi connectivity index (χ4n) is 2.61. The molecule has 1 saturated heterocycles. The minimum atomic E-state index is 0.169. The Morgan fingerprint density at radius 2 is 2.19 bits per heavy atom. The molecule has 0 spiro atoms. The number of thiazole rings is 1. The molecule has 3 rings (SSSR count). The van der Waals surface area contributed by atoms with Crippen LogP contribution in [0.3, 0.4) is 0 Å². The summed E-state index contributed by atoms with van der Waals surface area (Å²) < 4.78 is 0. The molecule has 112 valence electrons. The average Bonchev–Trinajstić information content (AvgIpc) is 3.08. The van der Waals surface area contributed by atoms with E-state index in [0.717, 1.165) is 55.4 Å². The normalized spacial score (nSPS) is 16.9. The lowest BCUT2D eigenvalue weighted by molar-refractivity contribution is 0.0761. The molecule has 0 unspecified atom stereocenters. The Balaban J connectivity index is 1.58. The first-order valence-corrected chi connectivity index (χ1v) is 8.99. The summed E-state index contributed by atoms with van der Waals surface area (Å²) in [4.78, 5) is 21.3. The van der Waals surface area contributed by atoms with Gasteiger partial charge in [0.15, 0.2) is 0 Å². The molecule has 1 fully saturated rings. The zero-order chi connectivity index (χ0) is 14.7. The van der Waals surface area contributed by atoms with Crippen molar-refractivity contribution in [3.05, 3.63) is 38.5 Å². The number of aryl methyl sites for hydroxylation is 1. The zero-order valence-electron chi connectivity index (χ0n) is 12.1. The standard InChI is InChI=1S/C15H19N3OS2/c1-12-16-14(11-21-12)9-17-4-2-5-18(7-6-17)15(19)13-3-8-20-10-13/h3,8,10-11H,2,4-7,9H2,1H3. The Morgan fingerprint density at radius 3 is 2.90 bits per heavy atom. The predicted molar refractivity (Wildman–Crippen MR) is 87.0 cm³/mol. The van der Waals surface area contributed by atoms with Gasteiger partial charge >= 0.3 is 0 Å². The van der Waals surface area contributed by atoms with Crippen LogP contribution in [0.4, 0.5) is 0 Å². The summed E-state index contributed by atoms with van der Waals surface area (Å²) >= 11 is 3.28. The molecule has 0 atom stereocenters. The Hall–Kier alpha value is -1.24. The first-order chi connectivity index (χ1) is 10.2. The van der Waals surface area contributed by atoms with E-state index in [-0.39, 0.29) is 5.91 Å². The highest BCUT2D eigenvalue weighted by atomic mass is 32.1. The van der Waals surface area contributed by atoms with Gasteiger partial charge in [-0.25, -0.2) is 4.98 Å². The third kappa shape index (κ3) is 3.70. The first kappa shape index (κ1) is 14.7. The van der Waals surface area contributed by atoms with E-state index in [2.05, 4.69) is 15.3 Å². The van der Waals surface area contributed by atoms with Crippen LogP contribution >= 0.6 is 22.7 Å². The molecule has 2 aromatic rings. The maximum absolute atomic E-state index is 12.4. The number of amides is 1. The van der Waals surface area contributed by atoms with Crippen LogP contribution in [-0.2, 0) is 6.54 Å². The monoisotopic (exact) mass is 321 g/mol. The van der Waals surface area contributed by atoms with Crippen molar-refractivity contribution in [1.82, 2.24) is 14.8 Å². The van der Waals surface area contributed by atoms with Gasteiger partial charge in [-0.15, -0.1) is 11.3 Å². The van der Waals surface area contributed by atoms with E-state index in [1.54, 1.807) is 22.7 Å². The molecule has 0 aliphatic carbocycles. The molecule has 1 aliphatic heterocycles. The van der Waals surface area contributed by atoms with Gasteiger partial charge in [0.1, 0.15) is 0 Å². The highest BCUT2D eigenvalue weighted by Gasteiger charge is 2.20. The van der Waals surface area contributed by atoms with Crippen LogP contribution < -0.4 is 0 Å². The number of nitrogens with zero attached hydrogens (tertiary/aromatic N) is 3. The second-order valence-electron chi connectivity index (χ2n) is 5.29. The smallest absolute Gasteiger partial charge is 0.254 e. The number of hydrogen-bond acceptors (Lipinski definition) is 5. The Bertz CT molecular complexity index is 594. The zero-order valence-corrected chi connectivity index (χ0v) is 13.8. The van der Waals surface area contributed by atoms with Gasteiger partial charge in [-0.1, -0.05) is 0 Å². The van der Waals surface area contributed by atoms with Gasteiger partial charge in [0.2, 0.25) is 0 Å². The van der Waals surface area contributed by atoms with Crippen LogP contribution in [0.25, 0.3) is 0 Å². The van der Waals surface area contributed by atoms with E-state index in [1.165, 1.54) is 0 Å². The Kier molecular flexibility index (Phi) is 4.67. The molecule has 0 aromatic carbocycles. The van der Waals surface area contributed by atoms with E-state index in [0.29, 0.717) is 0 Å². The summed E-state index contributed by atoms with van der Waals surface area (Å²) in [6, 6.07) is 1.91. The van der Waals surface area contributed by atoms with E-state index in [9.17, 15) is 4.79 Å². The van der Waals surface area contributed by atoms with Crippen LogP contribution in [0.5, 0.6) is 0 Å². The highest BCUT2D eigenvalue weighted by molar-refractivity contribution is 7.09. The first-order valence-electron chi connectivity index (χ1n) is 7.17. The molecule has 0 saturated carbocycles. The summed E-state index contributed by atoms with van der Waals surface area (Å²) in [7, 11) is 0. The third-order valence-corrected chi connectivity index (χ3v) is 5.20. The number of carbonyl (C=O) groups excluding carboxylic acids is 1. The SMILES string of the molecule is Cc1nc(CN2CCCN(C(=O)c3ccsc3)CC2)cs1. The second kappa shape index (κ2) is 6.68. The summed E-state index contributed by atoms with van der Waals surface area (Å²) in [5, 5.41) is 7.15. The minimum Gasteiger partial charge on any atom is -0.337 e. The van der Waals surface area contributed by atoms with Gasteiger partial charge in [-0.2, -0.15) is 11.3 Å². The number of rotatable bonds is 3. The molecule has 3 heterocycles. The Labute approximate surface area is 133 Å². The van der Waals surface area contributed by atoms with E-state index < -0.39 is 0 Å². The molecule has 6 heteroatoms. The van der Waals surface area contributed by atoms with Crippen LogP contribution in [0.1, 0.15) is 27.5 Å². The summed E-state index contributed by atoms with van der Waals surface area (Å²) in [6.07, 6.45) is 1.03. The van der Waals surface area contributed by atoms with Crippen molar-refractivity contribution in [2.75, 3.05) is 26.2 Å². The maximum atomic E-state index is 12.4.